The molecule has 3 aromatic rings. The van der Waals surface area contributed by atoms with Gasteiger partial charge in [0.1, 0.15) is 35.2 Å². The first-order valence-electron chi connectivity index (χ1n) is 8.92. The quantitative estimate of drug-likeness (QED) is 0.239. The van der Waals surface area contributed by atoms with E-state index in [1.807, 2.05) is 0 Å². The highest BCUT2D eigenvalue weighted by atomic mass is 16.7. The molecule has 1 fully saturated rings. The lowest BCUT2D eigenvalue weighted by atomic mass is 10.1. The molecule has 0 saturated carbocycles. The molecule has 4 atom stereocenters. The van der Waals surface area contributed by atoms with Crippen molar-refractivity contribution in [1.29, 1.82) is 0 Å². The second-order valence-corrected chi connectivity index (χ2v) is 6.84. The number of aliphatic hydroxyl groups excluding tert-OH is 3. The summed E-state index contributed by atoms with van der Waals surface area (Å²) >= 11 is 0. The van der Waals surface area contributed by atoms with Gasteiger partial charge in [-0.3, -0.25) is 0 Å². The molecule has 30 heavy (non-hydrogen) atoms. The van der Waals surface area contributed by atoms with E-state index in [0.29, 0.717) is 0 Å². The Morgan fingerprint density at radius 2 is 1.63 bits per heavy atom. The van der Waals surface area contributed by atoms with Gasteiger partial charge in [-0.15, -0.1) is 0 Å². The third-order valence-corrected chi connectivity index (χ3v) is 4.81. The normalized spacial score (nSPS) is 23.7. The van der Waals surface area contributed by atoms with E-state index in [2.05, 4.69) is 0 Å². The predicted octanol–water partition coefficient (Wildman–Crippen LogP) is 1.02. The van der Waals surface area contributed by atoms with E-state index >= 15 is 0 Å². The van der Waals surface area contributed by atoms with Crippen molar-refractivity contribution < 1.29 is 49.6 Å². The number of hydrogen-bond donors (Lipinski definition) is 7. The molecular weight excluding hydrogens is 400 g/mol. The van der Waals surface area contributed by atoms with Crippen LogP contribution in [0, 0.1) is 0 Å². The van der Waals surface area contributed by atoms with Crippen LogP contribution in [0.25, 0.3) is 22.3 Å². The van der Waals surface area contributed by atoms with Gasteiger partial charge in [-0.1, -0.05) is 0 Å². The zero-order valence-corrected chi connectivity index (χ0v) is 15.3. The van der Waals surface area contributed by atoms with Gasteiger partial charge in [0.15, 0.2) is 11.5 Å². The Labute approximate surface area is 169 Å². The highest BCUT2D eigenvalue weighted by molar-refractivity contribution is 5.88. The van der Waals surface area contributed by atoms with Crippen LogP contribution < -0.4 is 4.74 Å². The van der Waals surface area contributed by atoms with Gasteiger partial charge < -0.3 is 45.2 Å². The van der Waals surface area contributed by atoms with Crippen molar-refractivity contribution in [3.05, 3.63) is 36.4 Å². The van der Waals surface area contributed by atoms with Crippen molar-refractivity contribution in [3.63, 3.8) is 0 Å². The molecule has 0 bridgehead atoms. The lowest BCUT2D eigenvalue weighted by Gasteiger charge is -2.16. The lowest BCUT2D eigenvalue weighted by molar-refractivity contribution is -0.116. The summed E-state index contributed by atoms with van der Waals surface area (Å²) in [5.41, 5.74) is 0.357. The lowest BCUT2D eigenvalue weighted by Crippen LogP contribution is -2.35. The van der Waals surface area contributed by atoms with E-state index in [4.69, 9.17) is 19.0 Å². The predicted molar refractivity (Wildman–Crippen MR) is 101 cm³/mol. The minimum absolute atomic E-state index is 0.0313. The Balaban J connectivity index is 1.72. The van der Waals surface area contributed by atoms with E-state index in [1.54, 1.807) is 0 Å². The van der Waals surface area contributed by atoms with Crippen LogP contribution in [0.15, 0.2) is 40.8 Å². The zero-order chi connectivity index (χ0) is 21.6. The molecule has 0 amide bonds. The van der Waals surface area contributed by atoms with Crippen molar-refractivity contribution in [2.45, 2.75) is 24.6 Å². The summed E-state index contributed by atoms with van der Waals surface area (Å²) in [5, 5.41) is 68.9. The average Bonchev–Trinajstić information content (AvgIpc) is 2.98. The molecule has 0 radical (unpaired) electrons. The summed E-state index contributed by atoms with van der Waals surface area (Å²) in [7, 11) is 0. The van der Waals surface area contributed by atoms with Crippen LogP contribution in [-0.2, 0) is 4.74 Å². The summed E-state index contributed by atoms with van der Waals surface area (Å²) in [4.78, 5) is 0. The van der Waals surface area contributed by atoms with E-state index in [1.165, 1.54) is 36.4 Å². The first-order valence-corrected chi connectivity index (χ1v) is 8.92. The van der Waals surface area contributed by atoms with Crippen LogP contribution in [0.5, 0.6) is 28.7 Å². The minimum Gasteiger partial charge on any atom is -0.507 e. The molecule has 1 aliphatic rings. The molecule has 1 aromatic heterocycles. The molecule has 10 heteroatoms. The Morgan fingerprint density at radius 1 is 0.867 bits per heavy atom. The number of phenolic OH excluding ortho intramolecular Hbond substituents is 3. The number of aliphatic hydroxyl groups is 3. The van der Waals surface area contributed by atoms with E-state index in [0.717, 1.165) is 0 Å². The molecule has 2 heterocycles. The Bertz CT molecular complexity index is 1100. The topological polar surface area (TPSA) is 171 Å². The first-order chi connectivity index (χ1) is 14.3. The van der Waals surface area contributed by atoms with Gasteiger partial charge >= 0.3 is 11.3 Å². The molecule has 1 aliphatic heterocycles. The average molecular weight is 419 g/mol. The molecule has 0 aliphatic carbocycles. The van der Waals surface area contributed by atoms with Crippen LogP contribution in [0.4, 0.5) is 0 Å². The fourth-order valence-corrected chi connectivity index (χ4v) is 3.22. The minimum atomic E-state index is -1.42. The number of hydrogen-bond acceptors (Lipinski definition) is 9. The summed E-state index contributed by atoms with van der Waals surface area (Å²) in [5.74, 6) is -1.38. The van der Waals surface area contributed by atoms with Crippen molar-refractivity contribution in [2.24, 2.45) is 0 Å². The maximum Gasteiger partial charge on any atom is 0.402 e. The standard InChI is InChI=1S/C20H18O10/c21-7-16-17(26)18(27)20(30-16)28-9-4-12(23)10-6-14(25)19(29-15(10)5-9)8-1-2-11(22)13(24)3-8/h1-6,16-18,20-21,26-27H,7H2,(H3-,22,23,24,25)/p+1/t16-,17-,18+,20?/m1/s1. The summed E-state index contributed by atoms with van der Waals surface area (Å²) in [6, 6.07) is 7.66. The molecule has 10 nitrogen and oxygen atoms in total. The van der Waals surface area contributed by atoms with E-state index in [-0.39, 0.29) is 45.3 Å². The monoisotopic (exact) mass is 419 g/mol. The number of ether oxygens (including phenoxy) is 2. The molecule has 1 saturated heterocycles. The van der Waals surface area contributed by atoms with Gasteiger partial charge in [0.25, 0.3) is 0 Å². The van der Waals surface area contributed by atoms with Crippen molar-refractivity contribution >= 4 is 11.0 Å². The number of fused-ring (bicyclic) bond motifs is 1. The van der Waals surface area contributed by atoms with Crippen LogP contribution in [-0.4, -0.2) is 67.0 Å². The maximum atomic E-state index is 10.3. The van der Waals surface area contributed by atoms with Crippen LogP contribution in [0.2, 0.25) is 0 Å². The van der Waals surface area contributed by atoms with Crippen LogP contribution in [0.1, 0.15) is 0 Å². The van der Waals surface area contributed by atoms with Gasteiger partial charge in [-0.25, -0.2) is 4.42 Å². The van der Waals surface area contributed by atoms with Crippen molar-refractivity contribution in [1.82, 2.24) is 0 Å². The molecule has 7 N–H and O–H groups in total. The Morgan fingerprint density at radius 3 is 2.30 bits per heavy atom. The molecule has 158 valence electrons. The fraction of sp³-hybridized carbons (Fsp3) is 0.250. The highest BCUT2D eigenvalue weighted by Gasteiger charge is 2.44. The summed E-state index contributed by atoms with van der Waals surface area (Å²) in [6.45, 7) is -0.515. The number of aromatic hydroxyl groups is 4. The summed E-state index contributed by atoms with van der Waals surface area (Å²) < 4.78 is 16.4. The van der Waals surface area contributed by atoms with Crippen LogP contribution >= 0.6 is 0 Å². The largest absolute Gasteiger partial charge is 0.507 e. The first kappa shape index (κ1) is 20.0. The molecule has 0 spiro atoms. The SMILES string of the molecule is OC[C@H]1OC(Oc2cc(O)c3cc(O)c(-c4ccc(O)c(O)c4)[o+]c3c2)[C@@H](O)[C@@H]1O. The van der Waals surface area contributed by atoms with Gasteiger partial charge in [0.2, 0.25) is 12.0 Å². The number of rotatable bonds is 4. The Hall–Kier alpha value is -3.31. The van der Waals surface area contributed by atoms with Gasteiger partial charge in [0.05, 0.1) is 18.2 Å². The molecule has 1 unspecified atom stereocenters. The number of phenols is 3. The van der Waals surface area contributed by atoms with Crippen LogP contribution in [0.3, 0.4) is 0 Å². The summed E-state index contributed by atoms with van der Waals surface area (Å²) in [6.07, 6.45) is -5.08. The number of benzene rings is 2. The highest BCUT2D eigenvalue weighted by Crippen LogP contribution is 2.41. The van der Waals surface area contributed by atoms with E-state index in [9.17, 15) is 30.6 Å². The zero-order valence-electron chi connectivity index (χ0n) is 15.3. The molecular formula is C20H19O10+. The third kappa shape index (κ3) is 3.42. The van der Waals surface area contributed by atoms with Gasteiger partial charge in [-0.05, 0) is 12.1 Å². The molecule has 4 rings (SSSR count). The maximum absolute atomic E-state index is 10.3. The van der Waals surface area contributed by atoms with E-state index < -0.39 is 37.0 Å². The fourth-order valence-electron chi connectivity index (χ4n) is 3.22. The van der Waals surface area contributed by atoms with Crippen molar-refractivity contribution in [3.8, 4) is 40.1 Å². The molecule has 2 aromatic carbocycles. The second-order valence-electron chi connectivity index (χ2n) is 6.84. The third-order valence-electron chi connectivity index (χ3n) is 4.81. The van der Waals surface area contributed by atoms with Crippen molar-refractivity contribution in [2.75, 3.05) is 6.61 Å². The smallest absolute Gasteiger partial charge is 0.402 e. The Kier molecular flexibility index (Phi) is 5.00. The van der Waals surface area contributed by atoms with Gasteiger partial charge in [0, 0.05) is 18.2 Å². The second kappa shape index (κ2) is 7.50. The van der Waals surface area contributed by atoms with Gasteiger partial charge in [-0.2, -0.15) is 0 Å².